The van der Waals surface area contributed by atoms with E-state index >= 15 is 0 Å². The molecule has 1 aromatic carbocycles. The van der Waals surface area contributed by atoms with Gasteiger partial charge < -0.3 is 0 Å². The predicted molar refractivity (Wildman–Crippen MR) is 58.9 cm³/mol. The molecule has 0 saturated carbocycles. The summed E-state index contributed by atoms with van der Waals surface area (Å²) in [6.45, 7) is 6.63. The highest BCUT2D eigenvalue weighted by molar-refractivity contribution is 5.24. The normalized spacial score (nSPS) is 12.2. The molecule has 0 atom stereocenters. The van der Waals surface area contributed by atoms with Gasteiger partial charge in [-0.05, 0) is 24.3 Å². The van der Waals surface area contributed by atoms with Crippen molar-refractivity contribution in [2.45, 2.75) is 32.6 Å². The Morgan fingerprint density at radius 3 is 2.31 bits per heavy atom. The van der Waals surface area contributed by atoms with Crippen LogP contribution in [0.4, 0.5) is 0 Å². The molecule has 0 heteroatoms. The highest BCUT2D eigenvalue weighted by Crippen LogP contribution is 2.26. The summed E-state index contributed by atoms with van der Waals surface area (Å²) in [5, 5.41) is 0. The van der Waals surface area contributed by atoms with Crippen molar-refractivity contribution in [3.05, 3.63) is 48.0 Å². The number of hydrogen-bond acceptors (Lipinski definition) is 0. The van der Waals surface area contributed by atoms with E-state index in [0.717, 1.165) is 6.42 Å². The average molecular weight is 174 g/mol. The summed E-state index contributed by atoms with van der Waals surface area (Å²) >= 11 is 0. The lowest BCUT2D eigenvalue weighted by molar-refractivity contribution is 0.534. The molecule has 0 fully saturated rings. The number of hydrogen-bond donors (Lipinski definition) is 0. The molecular formula is C13H18. The van der Waals surface area contributed by atoms with Crippen molar-refractivity contribution in [2.75, 3.05) is 0 Å². The first-order chi connectivity index (χ1) is 6.17. The molecule has 1 rings (SSSR count). The molecule has 0 bridgehead atoms. The molecule has 0 heterocycles. The molecule has 13 heavy (non-hydrogen) atoms. The molecule has 0 aliphatic heterocycles. The van der Waals surface area contributed by atoms with Crippen LogP contribution in [0.1, 0.15) is 32.8 Å². The summed E-state index contributed by atoms with van der Waals surface area (Å²) in [6, 6.07) is 10.7. The SMILES string of the molecule is CC=CCC(C)(C)c1ccccc1. The first-order valence-electron chi connectivity index (χ1n) is 4.83. The minimum atomic E-state index is 0.258. The lowest BCUT2D eigenvalue weighted by Crippen LogP contribution is -2.15. The fraction of sp³-hybridized carbons (Fsp3) is 0.385. The number of rotatable bonds is 3. The molecule has 0 nitrogen and oxygen atoms in total. The summed E-state index contributed by atoms with van der Waals surface area (Å²) in [7, 11) is 0. The zero-order valence-corrected chi connectivity index (χ0v) is 8.75. The average Bonchev–Trinajstić information content (AvgIpc) is 2.16. The minimum absolute atomic E-state index is 0.258. The molecular weight excluding hydrogens is 156 g/mol. The van der Waals surface area contributed by atoms with Gasteiger partial charge in [-0.25, -0.2) is 0 Å². The first-order valence-corrected chi connectivity index (χ1v) is 4.83. The van der Waals surface area contributed by atoms with Gasteiger partial charge in [0.2, 0.25) is 0 Å². The maximum absolute atomic E-state index is 2.28. The fourth-order valence-corrected chi connectivity index (χ4v) is 1.42. The topological polar surface area (TPSA) is 0 Å². The first kappa shape index (κ1) is 10.0. The van der Waals surface area contributed by atoms with E-state index in [1.807, 2.05) is 0 Å². The third-order valence-corrected chi connectivity index (χ3v) is 2.42. The van der Waals surface area contributed by atoms with Crippen molar-refractivity contribution >= 4 is 0 Å². The second kappa shape index (κ2) is 4.27. The van der Waals surface area contributed by atoms with Gasteiger partial charge in [0.1, 0.15) is 0 Å². The van der Waals surface area contributed by atoms with E-state index in [1.54, 1.807) is 0 Å². The van der Waals surface area contributed by atoms with Crippen molar-refractivity contribution in [1.82, 2.24) is 0 Å². The Labute approximate surface area is 81.3 Å². The zero-order valence-electron chi connectivity index (χ0n) is 8.75. The molecule has 0 aromatic heterocycles. The number of benzene rings is 1. The molecule has 0 N–H and O–H groups in total. The Hall–Kier alpha value is -1.04. The number of allylic oxidation sites excluding steroid dienone is 2. The van der Waals surface area contributed by atoms with Gasteiger partial charge in [-0.1, -0.05) is 56.3 Å². The standard InChI is InChI=1S/C13H18/c1-4-5-11-13(2,3)12-9-7-6-8-10-12/h4-10H,11H2,1-3H3. The van der Waals surface area contributed by atoms with Crippen molar-refractivity contribution in [3.8, 4) is 0 Å². The van der Waals surface area contributed by atoms with Gasteiger partial charge in [-0.2, -0.15) is 0 Å². The van der Waals surface area contributed by atoms with Gasteiger partial charge in [0.25, 0.3) is 0 Å². The Kier molecular flexibility index (Phi) is 3.30. The largest absolute Gasteiger partial charge is 0.0916 e. The summed E-state index contributed by atoms with van der Waals surface area (Å²) in [5.74, 6) is 0. The van der Waals surface area contributed by atoms with E-state index in [-0.39, 0.29) is 5.41 Å². The van der Waals surface area contributed by atoms with Crippen LogP contribution in [0.25, 0.3) is 0 Å². The van der Waals surface area contributed by atoms with Crippen LogP contribution in [0, 0.1) is 0 Å². The predicted octanol–water partition coefficient (Wildman–Crippen LogP) is 3.93. The summed E-state index contributed by atoms with van der Waals surface area (Å²) in [4.78, 5) is 0. The highest BCUT2D eigenvalue weighted by Gasteiger charge is 2.17. The van der Waals surface area contributed by atoms with Crippen LogP contribution in [0.3, 0.4) is 0 Å². The van der Waals surface area contributed by atoms with Crippen LogP contribution >= 0.6 is 0 Å². The van der Waals surface area contributed by atoms with Crippen LogP contribution in [0.15, 0.2) is 42.5 Å². The molecule has 0 aliphatic carbocycles. The Morgan fingerprint density at radius 1 is 1.15 bits per heavy atom. The molecule has 70 valence electrons. The van der Waals surface area contributed by atoms with E-state index in [1.165, 1.54) is 5.56 Å². The van der Waals surface area contributed by atoms with Crippen LogP contribution in [0.2, 0.25) is 0 Å². The Bertz CT molecular complexity index is 267. The van der Waals surface area contributed by atoms with E-state index in [4.69, 9.17) is 0 Å². The van der Waals surface area contributed by atoms with E-state index in [9.17, 15) is 0 Å². The summed E-state index contributed by atoms with van der Waals surface area (Å²) in [6.07, 6.45) is 5.45. The van der Waals surface area contributed by atoms with Crippen molar-refractivity contribution in [2.24, 2.45) is 0 Å². The van der Waals surface area contributed by atoms with Crippen LogP contribution in [-0.2, 0) is 5.41 Å². The van der Waals surface area contributed by atoms with Gasteiger partial charge in [0.05, 0.1) is 0 Å². The molecule has 0 aliphatic rings. The molecule has 0 spiro atoms. The monoisotopic (exact) mass is 174 g/mol. The van der Waals surface area contributed by atoms with Crippen molar-refractivity contribution < 1.29 is 0 Å². The molecule has 0 saturated heterocycles. The smallest absolute Gasteiger partial charge is 0.00691 e. The fourth-order valence-electron chi connectivity index (χ4n) is 1.42. The molecule has 0 amide bonds. The maximum Gasteiger partial charge on any atom is -0.00691 e. The lowest BCUT2D eigenvalue weighted by atomic mass is 9.81. The molecule has 1 aromatic rings. The van der Waals surface area contributed by atoms with Gasteiger partial charge in [0.15, 0.2) is 0 Å². The van der Waals surface area contributed by atoms with Crippen LogP contribution < -0.4 is 0 Å². The van der Waals surface area contributed by atoms with Crippen molar-refractivity contribution in [3.63, 3.8) is 0 Å². The van der Waals surface area contributed by atoms with E-state index in [2.05, 4.69) is 63.3 Å². The third kappa shape index (κ3) is 2.73. The Morgan fingerprint density at radius 2 is 1.77 bits per heavy atom. The van der Waals surface area contributed by atoms with E-state index in [0.29, 0.717) is 0 Å². The van der Waals surface area contributed by atoms with Gasteiger partial charge in [0, 0.05) is 0 Å². The van der Waals surface area contributed by atoms with Gasteiger partial charge in [-0.15, -0.1) is 0 Å². The lowest BCUT2D eigenvalue weighted by Gasteiger charge is -2.23. The molecule has 0 unspecified atom stereocenters. The van der Waals surface area contributed by atoms with Crippen LogP contribution in [-0.4, -0.2) is 0 Å². The quantitative estimate of drug-likeness (QED) is 0.609. The Balaban J connectivity index is 2.81. The van der Waals surface area contributed by atoms with E-state index < -0.39 is 0 Å². The minimum Gasteiger partial charge on any atom is -0.0916 e. The van der Waals surface area contributed by atoms with Gasteiger partial charge in [-0.3, -0.25) is 0 Å². The third-order valence-electron chi connectivity index (χ3n) is 2.42. The second-order valence-electron chi connectivity index (χ2n) is 4.02. The zero-order chi connectivity index (χ0) is 9.73. The summed E-state index contributed by atoms with van der Waals surface area (Å²) < 4.78 is 0. The van der Waals surface area contributed by atoms with Crippen molar-refractivity contribution in [1.29, 1.82) is 0 Å². The van der Waals surface area contributed by atoms with Gasteiger partial charge >= 0.3 is 0 Å². The molecule has 0 radical (unpaired) electrons. The van der Waals surface area contributed by atoms with Crippen LogP contribution in [0.5, 0.6) is 0 Å². The summed E-state index contributed by atoms with van der Waals surface area (Å²) in [5.41, 5.74) is 1.67. The highest BCUT2D eigenvalue weighted by atomic mass is 14.2. The second-order valence-corrected chi connectivity index (χ2v) is 4.02. The maximum atomic E-state index is 2.28.